The molecule has 124 valence electrons. The monoisotopic (exact) mass is 480 g/mol. The summed E-state index contributed by atoms with van der Waals surface area (Å²) in [6, 6.07) is 6.54. The average molecular weight is 480 g/mol. The van der Waals surface area contributed by atoms with Gasteiger partial charge in [0.05, 0.1) is 0 Å². The second kappa shape index (κ2) is 8.69. The Hall–Kier alpha value is -1.07. The Morgan fingerprint density at radius 1 is 0.478 bits per heavy atom. The van der Waals surface area contributed by atoms with E-state index in [1.165, 1.54) is 27.8 Å². The van der Waals surface area contributed by atoms with Crippen LogP contribution in [0.2, 0.25) is 0 Å². The van der Waals surface area contributed by atoms with Crippen LogP contribution in [-0.4, -0.2) is 5.11 Å². The first-order valence-corrected chi connectivity index (χ1v) is 7.72. The van der Waals surface area contributed by atoms with Crippen LogP contribution in [0.15, 0.2) is 0 Å². The van der Waals surface area contributed by atoms with E-state index in [9.17, 15) is 5.11 Å². The van der Waals surface area contributed by atoms with E-state index in [4.69, 9.17) is 0 Å². The molecule has 0 bridgehead atoms. The number of rotatable bonds is 0. The normalized spacial score (nSPS) is 9.78. The molecule has 2 aromatic rings. The molecule has 0 aliphatic carbocycles. The summed E-state index contributed by atoms with van der Waals surface area (Å²) in [7, 11) is 0. The van der Waals surface area contributed by atoms with Crippen molar-refractivity contribution < 1.29 is 26.2 Å². The fourth-order valence-corrected chi connectivity index (χ4v) is 2.42. The molecule has 0 unspecified atom stereocenters. The number of benzene rings is 2. The summed E-state index contributed by atoms with van der Waals surface area (Å²) in [5, 5.41) is 9.55. The average Bonchev–Trinajstić information content (AvgIpc) is 2.47. The van der Waals surface area contributed by atoms with Gasteiger partial charge in [-0.2, -0.15) is 51.1 Å². The van der Waals surface area contributed by atoms with Crippen molar-refractivity contribution in [2.75, 3.05) is 0 Å². The molecule has 0 aliphatic heterocycles. The van der Waals surface area contributed by atoms with Gasteiger partial charge in [0.25, 0.3) is 0 Å². The molecule has 1 nitrogen and oxygen atoms in total. The maximum absolute atomic E-state index is 9.55. The number of hydrogen-bond donors (Lipinski definition) is 1. The zero-order valence-corrected chi connectivity index (χ0v) is 18.8. The van der Waals surface area contributed by atoms with Gasteiger partial charge in [-0.1, -0.05) is 62.3 Å². The summed E-state index contributed by atoms with van der Waals surface area (Å²) < 4.78 is 0. The number of phenols is 1. The van der Waals surface area contributed by atoms with Gasteiger partial charge in [-0.15, -0.1) is 11.1 Å². The van der Waals surface area contributed by atoms with Crippen molar-refractivity contribution >= 4 is 0 Å². The molecule has 2 rings (SSSR count). The van der Waals surface area contributed by atoms with E-state index in [-0.39, 0.29) is 21.1 Å². The zero-order chi connectivity index (χ0) is 17.2. The van der Waals surface area contributed by atoms with Crippen LogP contribution in [0.25, 0.3) is 0 Å². The van der Waals surface area contributed by atoms with Gasteiger partial charge < -0.3 is 5.11 Å². The molecule has 0 heterocycles. The van der Waals surface area contributed by atoms with Crippen molar-refractivity contribution in [3.05, 3.63) is 62.2 Å². The second-order valence-electron chi connectivity index (χ2n) is 6.22. The third-order valence-electron chi connectivity index (χ3n) is 4.84. The van der Waals surface area contributed by atoms with Crippen molar-refractivity contribution in [1.82, 2.24) is 0 Å². The van der Waals surface area contributed by atoms with Crippen LogP contribution in [0.1, 0.15) is 50.1 Å². The predicted octanol–water partition coefficient (Wildman–Crippen LogP) is 5.45. The van der Waals surface area contributed by atoms with Gasteiger partial charge in [0.15, 0.2) is 0 Å². The van der Waals surface area contributed by atoms with Crippen LogP contribution in [-0.2, 0) is 21.1 Å². The van der Waals surface area contributed by atoms with Gasteiger partial charge in [-0.25, -0.2) is 0 Å². The number of phenolic OH excluding ortho intramolecular Hbond substituents is 1. The Bertz CT molecular complexity index is 586. The molecule has 0 saturated heterocycles. The molecule has 23 heavy (non-hydrogen) atoms. The molecule has 2 heteroatoms. The summed E-state index contributed by atoms with van der Waals surface area (Å²) in [6.45, 7) is 18.5. The van der Waals surface area contributed by atoms with Crippen LogP contribution >= 0.6 is 0 Å². The Morgan fingerprint density at radius 2 is 0.739 bits per heavy atom. The van der Waals surface area contributed by atoms with Crippen LogP contribution in [0.3, 0.4) is 0 Å². The minimum atomic E-state index is 0. The summed E-state index contributed by atoms with van der Waals surface area (Å²) in [5.41, 5.74) is 10.7. The van der Waals surface area contributed by atoms with Gasteiger partial charge >= 0.3 is 21.1 Å². The molecule has 0 saturated carbocycles. The van der Waals surface area contributed by atoms with E-state index >= 15 is 0 Å². The Morgan fingerprint density at radius 3 is 1.04 bits per heavy atom. The van der Waals surface area contributed by atoms with Gasteiger partial charge in [-0.3, -0.25) is 0 Å². The van der Waals surface area contributed by atoms with Crippen molar-refractivity contribution in [3.8, 4) is 5.75 Å². The summed E-state index contributed by atoms with van der Waals surface area (Å²) in [6.07, 6.45) is 0. The molecule has 0 aliphatic rings. The third kappa shape index (κ3) is 4.95. The molecule has 0 fully saturated rings. The number of hydrogen-bond acceptors (Lipinski definition) is 1. The molecule has 0 aromatic heterocycles. The molecular weight excluding hydrogens is 452 g/mol. The minimum Gasteiger partial charge on any atom is -0.533 e. The van der Waals surface area contributed by atoms with Crippen LogP contribution in [0.5, 0.6) is 5.75 Å². The Balaban J connectivity index is 0.000000403. The van der Waals surface area contributed by atoms with Gasteiger partial charge in [-0.05, 0) is 0 Å². The Labute approximate surface area is 156 Å². The topological polar surface area (TPSA) is 20.2 Å². The third-order valence-corrected chi connectivity index (χ3v) is 4.84. The molecule has 0 amide bonds. The van der Waals surface area contributed by atoms with Crippen molar-refractivity contribution in [1.29, 1.82) is 0 Å². The molecule has 1 N–H and O–H groups in total. The smallest absolute Gasteiger partial charge is 0.533 e. The summed E-state index contributed by atoms with van der Waals surface area (Å²) >= 11 is 0. The van der Waals surface area contributed by atoms with E-state index in [2.05, 4.69) is 46.8 Å². The summed E-state index contributed by atoms with van der Waals surface area (Å²) in [4.78, 5) is 0. The van der Waals surface area contributed by atoms with Gasteiger partial charge in [0.2, 0.25) is 0 Å². The minimum absolute atomic E-state index is 0. The van der Waals surface area contributed by atoms with Crippen LogP contribution < -0.4 is 0 Å². The fourth-order valence-electron chi connectivity index (χ4n) is 2.42. The van der Waals surface area contributed by atoms with E-state index in [0.717, 1.165) is 22.3 Å². The van der Waals surface area contributed by atoms with Gasteiger partial charge in [0.1, 0.15) is 0 Å². The fraction of sp³-hybridized carbons (Fsp3) is 0.429. The summed E-state index contributed by atoms with van der Waals surface area (Å²) in [5.74, 6) is 0.416. The number of aryl methyl sites for hydroxylation is 4. The Kier molecular flexibility index (Phi) is 8.28. The first kappa shape index (κ1) is 21.9. The first-order chi connectivity index (χ1) is 10.1. The number of aromatic hydroxyl groups is 1. The van der Waals surface area contributed by atoms with E-state index < -0.39 is 0 Å². The first-order valence-electron chi connectivity index (χ1n) is 7.72. The molecule has 2 aromatic carbocycles. The molecule has 0 spiro atoms. The van der Waals surface area contributed by atoms with Crippen molar-refractivity contribution in [3.63, 3.8) is 0 Å². The van der Waals surface area contributed by atoms with Crippen molar-refractivity contribution in [2.45, 2.75) is 62.3 Å². The standard InChI is InChI=1S/C11H15.C10H13O.W/c1-7-6-8(2)10(4)11(5)9(7)3;1-6-5-7(2)9(4)10(11)8(6)3;/h1-5H3;11H,1-4H3;/q2*-1;+2. The van der Waals surface area contributed by atoms with Gasteiger partial charge in [0, 0.05) is 5.75 Å². The molecule has 0 radical (unpaired) electrons. The van der Waals surface area contributed by atoms with Crippen LogP contribution in [0.4, 0.5) is 0 Å². The predicted molar refractivity (Wildman–Crippen MR) is 94.9 cm³/mol. The van der Waals surface area contributed by atoms with E-state index in [1.807, 2.05) is 27.7 Å². The second-order valence-corrected chi connectivity index (χ2v) is 6.22. The molecular formula is C21H28OW. The quantitative estimate of drug-likeness (QED) is 0.498. The maximum atomic E-state index is 9.55. The van der Waals surface area contributed by atoms with E-state index in [1.54, 1.807) is 0 Å². The maximum Gasteiger partial charge on any atom is 2.00 e. The largest absolute Gasteiger partial charge is 2.00 e. The van der Waals surface area contributed by atoms with Crippen molar-refractivity contribution in [2.24, 2.45) is 0 Å². The van der Waals surface area contributed by atoms with E-state index in [0.29, 0.717) is 5.75 Å². The zero-order valence-electron chi connectivity index (χ0n) is 15.9. The van der Waals surface area contributed by atoms with Crippen LogP contribution in [0, 0.1) is 74.4 Å². The SMILES string of the molecule is Cc1[c-]c(C)c(C)c(C)c1C.Cc1[c-]c(C)c(C)c(O)c1C.[W+2]. The molecule has 0 atom stereocenters.